The van der Waals surface area contributed by atoms with E-state index in [4.69, 9.17) is 0 Å². The maximum Gasteiger partial charge on any atom is 0.193 e. The van der Waals surface area contributed by atoms with Gasteiger partial charge < -0.3 is 0 Å². The largest absolute Gasteiger partial charge is 0.289 e. The van der Waals surface area contributed by atoms with E-state index < -0.39 is 0 Å². The molecule has 0 aliphatic carbocycles. The van der Waals surface area contributed by atoms with Crippen LogP contribution in [0.25, 0.3) is 0 Å². The first kappa shape index (κ1) is 13.5. The van der Waals surface area contributed by atoms with Crippen molar-refractivity contribution in [1.82, 2.24) is 15.4 Å². The second-order valence-corrected chi connectivity index (χ2v) is 3.87. The van der Waals surface area contributed by atoms with Gasteiger partial charge in [-0.3, -0.25) is 4.79 Å². The number of carbonyl (C=O) groups is 1. The highest BCUT2D eigenvalue weighted by Gasteiger charge is 2.06. The molecule has 0 N–H and O–H groups in total. The lowest BCUT2D eigenvalue weighted by Crippen LogP contribution is -1.99. The summed E-state index contributed by atoms with van der Waals surface area (Å²) in [6.45, 7) is 0. The van der Waals surface area contributed by atoms with Gasteiger partial charge in [0.05, 0.1) is 12.4 Å². The SMILES string of the molecule is O=C(c1ccccc1)c1ccccc1.c1cnnnc1. The van der Waals surface area contributed by atoms with Crippen LogP contribution in [0.5, 0.6) is 0 Å². The van der Waals surface area contributed by atoms with Crippen LogP contribution < -0.4 is 0 Å². The number of carbonyl (C=O) groups excluding carboxylic acids is 1. The summed E-state index contributed by atoms with van der Waals surface area (Å²) >= 11 is 0. The molecule has 0 aliphatic heterocycles. The summed E-state index contributed by atoms with van der Waals surface area (Å²) in [5.41, 5.74) is 1.47. The third-order valence-corrected chi connectivity index (χ3v) is 2.48. The normalized spacial score (nSPS) is 9.20. The second-order valence-electron chi connectivity index (χ2n) is 3.87. The summed E-state index contributed by atoms with van der Waals surface area (Å²) < 4.78 is 0. The van der Waals surface area contributed by atoms with Crippen LogP contribution in [-0.2, 0) is 0 Å². The Hall–Kier alpha value is -2.88. The lowest BCUT2D eigenvalue weighted by molar-refractivity contribution is 0.103. The van der Waals surface area contributed by atoms with Crippen molar-refractivity contribution in [3.8, 4) is 0 Å². The average Bonchev–Trinajstić information content (AvgIpc) is 2.58. The van der Waals surface area contributed by atoms with E-state index in [-0.39, 0.29) is 5.78 Å². The van der Waals surface area contributed by atoms with Crippen LogP contribution in [0.2, 0.25) is 0 Å². The van der Waals surface area contributed by atoms with Crippen molar-refractivity contribution in [3.63, 3.8) is 0 Å². The van der Waals surface area contributed by atoms with Crippen molar-refractivity contribution >= 4 is 5.78 Å². The van der Waals surface area contributed by atoms with Crippen LogP contribution in [0, 0.1) is 0 Å². The smallest absolute Gasteiger partial charge is 0.193 e. The number of rotatable bonds is 2. The van der Waals surface area contributed by atoms with Gasteiger partial charge in [0.2, 0.25) is 0 Å². The highest BCUT2D eigenvalue weighted by molar-refractivity contribution is 6.08. The maximum atomic E-state index is 11.8. The topological polar surface area (TPSA) is 55.7 Å². The van der Waals surface area contributed by atoms with Gasteiger partial charge in [0.1, 0.15) is 0 Å². The molecule has 1 aromatic heterocycles. The predicted molar refractivity (Wildman–Crippen MR) is 76.1 cm³/mol. The van der Waals surface area contributed by atoms with E-state index in [0.29, 0.717) is 0 Å². The lowest BCUT2D eigenvalue weighted by Gasteiger charge is -1.99. The Balaban J connectivity index is 0.000000205. The van der Waals surface area contributed by atoms with Crippen LogP contribution >= 0.6 is 0 Å². The van der Waals surface area contributed by atoms with Gasteiger partial charge in [-0.05, 0) is 11.3 Å². The van der Waals surface area contributed by atoms with Crippen LogP contribution in [-0.4, -0.2) is 21.2 Å². The minimum Gasteiger partial charge on any atom is -0.289 e. The van der Waals surface area contributed by atoms with E-state index >= 15 is 0 Å². The van der Waals surface area contributed by atoms with Gasteiger partial charge in [-0.25, -0.2) is 0 Å². The highest BCUT2D eigenvalue weighted by atomic mass is 16.1. The first-order valence-electron chi connectivity index (χ1n) is 6.11. The van der Waals surface area contributed by atoms with Crippen LogP contribution in [0.3, 0.4) is 0 Å². The third kappa shape index (κ3) is 4.10. The van der Waals surface area contributed by atoms with Gasteiger partial charge in [0.15, 0.2) is 5.78 Å². The molecule has 4 nitrogen and oxygen atoms in total. The van der Waals surface area contributed by atoms with E-state index in [0.717, 1.165) is 11.1 Å². The fraction of sp³-hybridized carbons (Fsp3) is 0. The van der Waals surface area contributed by atoms with E-state index in [1.807, 2.05) is 60.7 Å². The molecule has 0 aliphatic rings. The summed E-state index contributed by atoms with van der Waals surface area (Å²) in [6, 6.07) is 20.3. The summed E-state index contributed by atoms with van der Waals surface area (Å²) in [7, 11) is 0. The van der Waals surface area contributed by atoms with Gasteiger partial charge in [-0.15, -0.1) is 10.2 Å². The van der Waals surface area contributed by atoms with E-state index in [9.17, 15) is 4.79 Å². The molecule has 0 bridgehead atoms. The molecule has 4 heteroatoms. The highest BCUT2D eigenvalue weighted by Crippen LogP contribution is 2.08. The Morgan fingerprint density at radius 1 is 0.650 bits per heavy atom. The third-order valence-electron chi connectivity index (χ3n) is 2.48. The molecular weight excluding hydrogens is 250 g/mol. The molecule has 3 aromatic rings. The van der Waals surface area contributed by atoms with E-state index in [1.165, 1.54) is 0 Å². The van der Waals surface area contributed by atoms with Crippen molar-refractivity contribution in [3.05, 3.63) is 90.3 Å². The predicted octanol–water partition coefficient (Wildman–Crippen LogP) is 2.79. The van der Waals surface area contributed by atoms with Crippen molar-refractivity contribution in [1.29, 1.82) is 0 Å². The minimum absolute atomic E-state index is 0.0752. The molecule has 0 saturated carbocycles. The summed E-state index contributed by atoms with van der Waals surface area (Å²) in [5.74, 6) is 0.0752. The number of benzene rings is 2. The van der Waals surface area contributed by atoms with Gasteiger partial charge in [0, 0.05) is 11.1 Å². The van der Waals surface area contributed by atoms with Crippen molar-refractivity contribution in [2.24, 2.45) is 0 Å². The van der Waals surface area contributed by atoms with Crippen molar-refractivity contribution in [2.45, 2.75) is 0 Å². The first-order valence-corrected chi connectivity index (χ1v) is 6.11. The molecule has 1 heterocycles. The molecule has 98 valence electrons. The Labute approximate surface area is 117 Å². The second kappa shape index (κ2) is 7.53. The Bertz CT molecular complexity index is 559. The Kier molecular flexibility index (Phi) is 5.10. The molecule has 0 saturated heterocycles. The van der Waals surface area contributed by atoms with Crippen LogP contribution in [0.1, 0.15) is 15.9 Å². The number of aromatic nitrogens is 3. The lowest BCUT2D eigenvalue weighted by atomic mass is 10.0. The molecule has 0 atom stereocenters. The zero-order chi connectivity index (χ0) is 14.0. The number of hydrogen-bond donors (Lipinski definition) is 0. The number of hydrogen-bond acceptors (Lipinski definition) is 4. The standard InChI is InChI=1S/C13H10O.C3H3N3/c14-13(11-7-3-1-4-8-11)12-9-5-2-6-10-12;1-2-4-6-5-3-1/h1-10H;1-3H. The fourth-order valence-corrected chi connectivity index (χ4v) is 1.55. The zero-order valence-corrected chi connectivity index (χ0v) is 10.8. The summed E-state index contributed by atoms with van der Waals surface area (Å²) in [5, 5.41) is 10.1. The molecule has 0 fully saturated rings. The number of ketones is 1. The van der Waals surface area contributed by atoms with Gasteiger partial charge in [-0.1, -0.05) is 60.7 Å². The van der Waals surface area contributed by atoms with Crippen LogP contribution in [0.15, 0.2) is 79.1 Å². The number of nitrogens with zero attached hydrogens (tertiary/aromatic N) is 3. The van der Waals surface area contributed by atoms with Crippen molar-refractivity contribution in [2.75, 3.05) is 0 Å². The fourth-order valence-electron chi connectivity index (χ4n) is 1.55. The first-order chi connectivity index (χ1) is 9.88. The van der Waals surface area contributed by atoms with E-state index in [2.05, 4.69) is 15.4 Å². The quantitative estimate of drug-likeness (QED) is 0.667. The van der Waals surface area contributed by atoms with Crippen molar-refractivity contribution < 1.29 is 4.79 Å². The minimum atomic E-state index is 0.0752. The molecule has 20 heavy (non-hydrogen) atoms. The Morgan fingerprint density at radius 2 is 1.10 bits per heavy atom. The van der Waals surface area contributed by atoms with Crippen LogP contribution in [0.4, 0.5) is 0 Å². The molecular formula is C16H13N3O. The average molecular weight is 263 g/mol. The molecule has 3 rings (SSSR count). The maximum absolute atomic E-state index is 11.8. The van der Waals surface area contributed by atoms with Gasteiger partial charge in [-0.2, -0.15) is 0 Å². The Morgan fingerprint density at radius 3 is 1.40 bits per heavy atom. The monoisotopic (exact) mass is 263 g/mol. The molecule has 0 unspecified atom stereocenters. The van der Waals surface area contributed by atoms with E-state index in [1.54, 1.807) is 18.5 Å². The molecule has 0 radical (unpaired) electrons. The molecule has 2 aromatic carbocycles. The molecule has 0 spiro atoms. The molecule has 0 amide bonds. The summed E-state index contributed by atoms with van der Waals surface area (Å²) in [6.07, 6.45) is 3.15. The van der Waals surface area contributed by atoms with Gasteiger partial charge >= 0.3 is 0 Å². The summed E-state index contributed by atoms with van der Waals surface area (Å²) in [4.78, 5) is 11.8. The van der Waals surface area contributed by atoms with Gasteiger partial charge in [0.25, 0.3) is 0 Å². The zero-order valence-electron chi connectivity index (χ0n) is 10.8.